The van der Waals surface area contributed by atoms with E-state index in [4.69, 9.17) is 14.2 Å². The van der Waals surface area contributed by atoms with Gasteiger partial charge in [-0.2, -0.15) is 0 Å². The van der Waals surface area contributed by atoms with E-state index in [-0.39, 0.29) is 36.7 Å². The van der Waals surface area contributed by atoms with Crippen LogP contribution >= 0.6 is 0 Å². The van der Waals surface area contributed by atoms with Crippen molar-refractivity contribution in [2.45, 2.75) is 90.6 Å². The van der Waals surface area contributed by atoms with Crippen LogP contribution in [0.25, 0.3) is 0 Å². The van der Waals surface area contributed by atoms with E-state index in [2.05, 4.69) is 20.8 Å². The van der Waals surface area contributed by atoms with E-state index in [9.17, 15) is 9.59 Å². The maximum Gasteiger partial charge on any atom is 0.310 e. The Morgan fingerprint density at radius 2 is 2.07 bits per heavy atom. The summed E-state index contributed by atoms with van der Waals surface area (Å²) in [6, 6.07) is 0. The van der Waals surface area contributed by atoms with Crippen molar-refractivity contribution in [1.82, 2.24) is 0 Å². The molecule has 5 atom stereocenters. The van der Waals surface area contributed by atoms with Gasteiger partial charge in [0.1, 0.15) is 6.10 Å². The fraction of sp³-hybridized carbons (Fsp3) is 0.818. The number of rotatable bonds is 6. The van der Waals surface area contributed by atoms with E-state index in [0.29, 0.717) is 36.4 Å². The van der Waals surface area contributed by atoms with Crippen molar-refractivity contribution in [3.05, 3.63) is 11.6 Å². The summed E-state index contributed by atoms with van der Waals surface area (Å²) in [7, 11) is 0. The smallest absolute Gasteiger partial charge is 0.310 e. The number of ketones is 1. The Bertz CT molecular complexity index is 561. The van der Waals surface area contributed by atoms with E-state index >= 15 is 0 Å². The Labute approximate surface area is 162 Å². The first-order valence-electron chi connectivity index (χ1n) is 10.6. The maximum atomic E-state index is 12.5. The van der Waals surface area contributed by atoms with Crippen LogP contribution in [0.5, 0.6) is 0 Å². The Hall–Kier alpha value is -1.20. The van der Waals surface area contributed by atoms with E-state index < -0.39 is 0 Å². The molecule has 2 aliphatic carbocycles. The fourth-order valence-electron chi connectivity index (χ4n) is 4.56. The van der Waals surface area contributed by atoms with Crippen LogP contribution in [0.3, 0.4) is 0 Å². The van der Waals surface area contributed by atoms with Crippen molar-refractivity contribution in [1.29, 1.82) is 0 Å². The van der Waals surface area contributed by atoms with Crippen LogP contribution in [-0.2, 0) is 23.8 Å². The summed E-state index contributed by atoms with van der Waals surface area (Å²) >= 11 is 0. The van der Waals surface area contributed by atoms with Crippen LogP contribution in [-0.4, -0.2) is 36.9 Å². The predicted octanol–water partition coefficient (Wildman–Crippen LogP) is 4.19. The lowest BCUT2D eigenvalue weighted by molar-refractivity contribution is -0.178. The predicted molar refractivity (Wildman–Crippen MR) is 102 cm³/mol. The number of Topliss-reactive ketones (excluding diaryl/α,β-unsaturated/α-hetero) is 1. The summed E-state index contributed by atoms with van der Waals surface area (Å²) in [5.74, 6) is 1.20. The standard InChI is InChI=1S/C22H34O5/c1-14(2)18-8-7-15(3)10-20(18)27-21(24)12-16-11-17(13-19(16)23)26-22-6-4-5-9-25-22/h11,14-15,17-18,20,22H,4-10,12-13H2,1-3H3/t15-,17+,18+,20-,22?/m1/s1. The molecule has 0 radical (unpaired) electrons. The molecule has 1 unspecified atom stereocenters. The van der Waals surface area contributed by atoms with Gasteiger partial charge >= 0.3 is 5.97 Å². The van der Waals surface area contributed by atoms with Crippen LogP contribution in [0.15, 0.2) is 11.6 Å². The molecule has 1 saturated carbocycles. The first-order chi connectivity index (χ1) is 12.9. The van der Waals surface area contributed by atoms with Gasteiger partial charge in [0, 0.05) is 18.6 Å². The van der Waals surface area contributed by atoms with Crippen LogP contribution in [0, 0.1) is 17.8 Å². The topological polar surface area (TPSA) is 61.8 Å². The van der Waals surface area contributed by atoms with Gasteiger partial charge in [-0.1, -0.05) is 27.2 Å². The van der Waals surface area contributed by atoms with E-state index in [1.54, 1.807) is 6.08 Å². The normalized spacial score (nSPS) is 34.6. The van der Waals surface area contributed by atoms with Gasteiger partial charge in [0.25, 0.3) is 0 Å². The Kier molecular flexibility index (Phi) is 7.10. The van der Waals surface area contributed by atoms with Gasteiger partial charge in [-0.05, 0) is 55.9 Å². The number of hydrogen-bond donors (Lipinski definition) is 0. The summed E-state index contributed by atoms with van der Waals surface area (Å²) < 4.78 is 17.3. The van der Waals surface area contributed by atoms with E-state index in [1.165, 1.54) is 6.42 Å². The van der Waals surface area contributed by atoms with E-state index in [1.807, 2.05) is 0 Å². The largest absolute Gasteiger partial charge is 0.462 e. The third kappa shape index (κ3) is 5.64. The third-order valence-electron chi connectivity index (χ3n) is 6.18. The molecule has 27 heavy (non-hydrogen) atoms. The monoisotopic (exact) mass is 378 g/mol. The van der Waals surface area contributed by atoms with Crippen molar-refractivity contribution < 1.29 is 23.8 Å². The quantitative estimate of drug-likeness (QED) is 0.649. The average Bonchev–Trinajstić information content (AvgIpc) is 2.94. The Balaban J connectivity index is 1.53. The molecular formula is C22H34O5. The molecule has 0 bridgehead atoms. The molecule has 5 nitrogen and oxygen atoms in total. The first kappa shape index (κ1) is 20.5. The van der Waals surface area contributed by atoms with Gasteiger partial charge < -0.3 is 14.2 Å². The molecule has 0 aromatic heterocycles. The van der Waals surface area contributed by atoms with Gasteiger partial charge in [-0.15, -0.1) is 0 Å². The van der Waals surface area contributed by atoms with Gasteiger partial charge in [-0.25, -0.2) is 0 Å². The summed E-state index contributed by atoms with van der Waals surface area (Å²) in [6.45, 7) is 7.32. The molecule has 0 spiro atoms. The molecule has 2 fully saturated rings. The summed E-state index contributed by atoms with van der Waals surface area (Å²) in [5.41, 5.74) is 0.533. The minimum absolute atomic E-state index is 0.00909. The number of carbonyl (C=O) groups is 2. The number of carbonyl (C=O) groups excluding carboxylic acids is 2. The van der Waals surface area contributed by atoms with Crippen molar-refractivity contribution in [2.24, 2.45) is 17.8 Å². The lowest BCUT2D eigenvalue weighted by atomic mass is 9.75. The molecule has 1 saturated heterocycles. The lowest BCUT2D eigenvalue weighted by Gasteiger charge is -2.36. The highest BCUT2D eigenvalue weighted by molar-refractivity contribution is 6.01. The first-order valence-corrected chi connectivity index (χ1v) is 10.6. The highest BCUT2D eigenvalue weighted by Gasteiger charge is 2.35. The van der Waals surface area contributed by atoms with Crippen molar-refractivity contribution in [3.8, 4) is 0 Å². The Morgan fingerprint density at radius 1 is 1.26 bits per heavy atom. The van der Waals surface area contributed by atoms with Gasteiger partial charge in [0.05, 0.1) is 12.5 Å². The van der Waals surface area contributed by atoms with Crippen molar-refractivity contribution in [2.75, 3.05) is 6.61 Å². The van der Waals surface area contributed by atoms with Gasteiger partial charge in [0.2, 0.25) is 0 Å². The lowest BCUT2D eigenvalue weighted by Crippen LogP contribution is -2.36. The molecule has 0 aromatic carbocycles. The molecule has 0 N–H and O–H groups in total. The highest BCUT2D eigenvalue weighted by atomic mass is 16.7. The minimum atomic E-state index is -0.283. The molecule has 1 heterocycles. The molecule has 152 valence electrons. The van der Waals surface area contributed by atoms with Crippen LogP contribution in [0.2, 0.25) is 0 Å². The van der Waals surface area contributed by atoms with Gasteiger partial charge in [0.15, 0.2) is 12.1 Å². The highest BCUT2D eigenvalue weighted by Crippen LogP contribution is 2.36. The number of ether oxygens (including phenoxy) is 3. The molecule has 3 aliphatic rings. The second-order valence-corrected chi connectivity index (χ2v) is 8.82. The Morgan fingerprint density at radius 3 is 2.78 bits per heavy atom. The van der Waals surface area contributed by atoms with Crippen LogP contribution < -0.4 is 0 Å². The minimum Gasteiger partial charge on any atom is -0.462 e. The molecular weight excluding hydrogens is 344 g/mol. The zero-order valence-electron chi connectivity index (χ0n) is 16.9. The summed E-state index contributed by atoms with van der Waals surface area (Å²) in [6.07, 6.45) is 7.87. The molecule has 5 heteroatoms. The zero-order chi connectivity index (χ0) is 19.4. The van der Waals surface area contributed by atoms with E-state index in [0.717, 1.165) is 32.1 Å². The number of esters is 1. The second kappa shape index (κ2) is 9.33. The molecule has 1 aliphatic heterocycles. The third-order valence-corrected chi connectivity index (χ3v) is 6.18. The second-order valence-electron chi connectivity index (χ2n) is 8.82. The fourth-order valence-corrected chi connectivity index (χ4v) is 4.56. The van der Waals surface area contributed by atoms with Gasteiger partial charge in [-0.3, -0.25) is 9.59 Å². The maximum absolute atomic E-state index is 12.5. The van der Waals surface area contributed by atoms with Crippen molar-refractivity contribution >= 4 is 11.8 Å². The molecule has 0 aromatic rings. The average molecular weight is 379 g/mol. The van der Waals surface area contributed by atoms with Crippen LogP contribution in [0.4, 0.5) is 0 Å². The summed E-state index contributed by atoms with van der Waals surface area (Å²) in [5, 5.41) is 0. The molecule has 0 amide bonds. The SMILES string of the molecule is CC(C)[C@@H]1CC[C@@H](C)C[C@H]1OC(=O)CC1=C[C@H](OC2CCCCO2)CC1=O. The number of hydrogen-bond acceptors (Lipinski definition) is 5. The molecule has 3 rings (SSSR count). The summed E-state index contributed by atoms with van der Waals surface area (Å²) in [4.78, 5) is 24.8. The van der Waals surface area contributed by atoms with Crippen LogP contribution in [0.1, 0.15) is 72.1 Å². The zero-order valence-corrected chi connectivity index (χ0v) is 16.9. The van der Waals surface area contributed by atoms with Crippen molar-refractivity contribution in [3.63, 3.8) is 0 Å².